The number of hydrogen-bond donors (Lipinski definition) is 2. The van der Waals surface area contributed by atoms with E-state index in [1.807, 2.05) is 16.9 Å². The number of likely N-dealkylation sites (tertiary alicyclic amines) is 1. The van der Waals surface area contributed by atoms with Crippen LogP contribution in [-0.2, 0) is 18.6 Å². The van der Waals surface area contributed by atoms with Crippen molar-refractivity contribution in [2.75, 3.05) is 13.1 Å². The molecule has 2 unspecified atom stereocenters. The maximum absolute atomic E-state index is 10.1. The SMILES string of the molecule is CC(C)(C)n1cc(CNCC2CC(O)CN2Cc2ccccc2)cn1. The minimum Gasteiger partial charge on any atom is -0.392 e. The van der Waals surface area contributed by atoms with Gasteiger partial charge < -0.3 is 10.4 Å². The van der Waals surface area contributed by atoms with Crippen molar-refractivity contribution < 1.29 is 5.11 Å². The minimum atomic E-state index is -0.223. The summed E-state index contributed by atoms with van der Waals surface area (Å²) in [7, 11) is 0. The normalized spacial score (nSPS) is 21.8. The van der Waals surface area contributed by atoms with Gasteiger partial charge in [-0.3, -0.25) is 9.58 Å². The van der Waals surface area contributed by atoms with Crippen molar-refractivity contribution in [3.63, 3.8) is 0 Å². The largest absolute Gasteiger partial charge is 0.392 e. The fourth-order valence-electron chi connectivity index (χ4n) is 3.38. The Morgan fingerprint density at radius 1 is 1.20 bits per heavy atom. The second kappa shape index (κ2) is 7.68. The summed E-state index contributed by atoms with van der Waals surface area (Å²) in [6.45, 7) is 9.79. The molecule has 1 saturated heterocycles. The maximum atomic E-state index is 10.1. The van der Waals surface area contributed by atoms with Crippen molar-refractivity contribution >= 4 is 0 Å². The van der Waals surface area contributed by atoms with Gasteiger partial charge in [0.15, 0.2) is 0 Å². The topological polar surface area (TPSA) is 53.3 Å². The molecule has 5 heteroatoms. The molecule has 1 aliphatic rings. The van der Waals surface area contributed by atoms with Crippen LogP contribution in [0.25, 0.3) is 0 Å². The molecule has 1 aromatic carbocycles. The van der Waals surface area contributed by atoms with Crippen LogP contribution in [0.1, 0.15) is 38.3 Å². The number of hydrogen-bond acceptors (Lipinski definition) is 4. The first kappa shape index (κ1) is 18.1. The number of aliphatic hydroxyl groups excluding tert-OH is 1. The summed E-state index contributed by atoms with van der Waals surface area (Å²) in [5, 5.41) is 18.1. The van der Waals surface area contributed by atoms with Gasteiger partial charge in [0, 0.05) is 44.0 Å². The molecule has 2 atom stereocenters. The first-order chi connectivity index (χ1) is 11.9. The third-order valence-electron chi connectivity index (χ3n) is 4.77. The monoisotopic (exact) mass is 342 g/mol. The van der Waals surface area contributed by atoms with Gasteiger partial charge in [0.2, 0.25) is 0 Å². The van der Waals surface area contributed by atoms with Crippen molar-refractivity contribution in [3.05, 3.63) is 53.9 Å². The smallest absolute Gasteiger partial charge is 0.0682 e. The summed E-state index contributed by atoms with van der Waals surface area (Å²) in [6.07, 6.45) is 4.65. The van der Waals surface area contributed by atoms with Gasteiger partial charge in [-0.2, -0.15) is 5.10 Å². The van der Waals surface area contributed by atoms with Crippen molar-refractivity contribution in [2.45, 2.75) is 58.0 Å². The molecule has 0 bridgehead atoms. The maximum Gasteiger partial charge on any atom is 0.0682 e. The quantitative estimate of drug-likeness (QED) is 0.846. The Labute approximate surface area is 150 Å². The summed E-state index contributed by atoms with van der Waals surface area (Å²) < 4.78 is 2.01. The summed E-state index contributed by atoms with van der Waals surface area (Å²) in [6, 6.07) is 10.8. The molecule has 0 aliphatic carbocycles. The van der Waals surface area contributed by atoms with Crippen LogP contribution in [-0.4, -0.2) is 45.0 Å². The molecule has 25 heavy (non-hydrogen) atoms. The number of nitrogens with zero attached hydrogens (tertiary/aromatic N) is 3. The molecule has 2 aromatic rings. The molecule has 0 saturated carbocycles. The van der Waals surface area contributed by atoms with Crippen LogP contribution in [0.2, 0.25) is 0 Å². The number of aromatic nitrogens is 2. The number of aliphatic hydroxyl groups is 1. The standard InChI is InChI=1S/C20H30N4O/c1-20(2,3)24-14-17(11-22-24)10-21-12-18-9-19(25)15-23(18)13-16-7-5-4-6-8-16/h4-8,11,14,18-19,21,25H,9-10,12-13,15H2,1-3H3. The second-order valence-electron chi connectivity index (χ2n) is 8.05. The highest BCUT2D eigenvalue weighted by molar-refractivity contribution is 5.15. The molecule has 2 N–H and O–H groups in total. The average Bonchev–Trinajstić information content (AvgIpc) is 3.15. The molecular weight excluding hydrogens is 312 g/mol. The van der Waals surface area contributed by atoms with E-state index >= 15 is 0 Å². The van der Waals surface area contributed by atoms with Gasteiger partial charge in [-0.1, -0.05) is 30.3 Å². The fourth-order valence-corrected chi connectivity index (χ4v) is 3.38. The van der Waals surface area contributed by atoms with Crippen molar-refractivity contribution in [2.24, 2.45) is 0 Å². The number of β-amino-alcohol motifs (C(OH)–C–C–N with tert-alkyl or cyclic N) is 1. The first-order valence-electron chi connectivity index (χ1n) is 9.12. The van der Waals surface area contributed by atoms with E-state index in [0.717, 1.165) is 32.6 Å². The molecule has 0 amide bonds. The minimum absolute atomic E-state index is 0.0142. The van der Waals surface area contributed by atoms with Crippen LogP contribution in [0.5, 0.6) is 0 Å². The lowest BCUT2D eigenvalue weighted by Gasteiger charge is -2.24. The van der Waals surface area contributed by atoms with Crippen LogP contribution in [0.15, 0.2) is 42.7 Å². The van der Waals surface area contributed by atoms with Crippen LogP contribution < -0.4 is 5.32 Å². The van der Waals surface area contributed by atoms with Crippen LogP contribution in [0, 0.1) is 0 Å². The van der Waals surface area contributed by atoms with Gasteiger partial charge in [0.1, 0.15) is 0 Å². The third kappa shape index (κ3) is 4.91. The van der Waals surface area contributed by atoms with E-state index in [0.29, 0.717) is 6.04 Å². The van der Waals surface area contributed by atoms with Crippen molar-refractivity contribution in [1.29, 1.82) is 0 Å². The summed E-state index contributed by atoms with van der Waals surface area (Å²) >= 11 is 0. The zero-order chi connectivity index (χ0) is 17.9. The highest BCUT2D eigenvalue weighted by atomic mass is 16.3. The Morgan fingerprint density at radius 3 is 2.64 bits per heavy atom. The molecule has 1 fully saturated rings. The summed E-state index contributed by atoms with van der Waals surface area (Å²) in [4.78, 5) is 2.38. The lowest BCUT2D eigenvalue weighted by atomic mass is 10.1. The van der Waals surface area contributed by atoms with Gasteiger partial charge in [0.05, 0.1) is 17.8 Å². The Kier molecular flexibility index (Phi) is 5.57. The Bertz CT molecular complexity index is 662. The summed E-state index contributed by atoms with van der Waals surface area (Å²) in [5.41, 5.74) is 2.51. The first-order valence-corrected chi connectivity index (χ1v) is 9.12. The van der Waals surface area contributed by atoms with Gasteiger partial charge in [-0.05, 0) is 32.8 Å². The molecule has 0 radical (unpaired) electrons. The highest BCUT2D eigenvalue weighted by Gasteiger charge is 2.30. The molecular formula is C20H30N4O. The molecule has 2 heterocycles. The van der Waals surface area contributed by atoms with Crippen LogP contribution >= 0.6 is 0 Å². The summed E-state index contributed by atoms with van der Waals surface area (Å²) in [5.74, 6) is 0. The fraction of sp³-hybridized carbons (Fsp3) is 0.550. The van der Waals surface area contributed by atoms with E-state index in [1.54, 1.807) is 0 Å². The van der Waals surface area contributed by atoms with E-state index in [2.05, 4.69) is 66.5 Å². The van der Waals surface area contributed by atoms with Crippen molar-refractivity contribution in [3.8, 4) is 0 Å². The molecule has 136 valence electrons. The number of rotatable bonds is 6. The van der Waals surface area contributed by atoms with Crippen LogP contribution in [0.4, 0.5) is 0 Å². The zero-order valence-corrected chi connectivity index (χ0v) is 15.5. The Hall–Kier alpha value is -1.69. The van der Waals surface area contributed by atoms with E-state index < -0.39 is 0 Å². The lowest BCUT2D eigenvalue weighted by Crippen LogP contribution is -2.37. The number of nitrogens with one attached hydrogen (secondary N) is 1. The second-order valence-corrected chi connectivity index (χ2v) is 8.05. The highest BCUT2D eigenvalue weighted by Crippen LogP contribution is 2.20. The van der Waals surface area contributed by atoms with Gasteiger partial charge in [-0.25, -0.2) is 0 Å². The Balaban J connectivity index is 1.52. The predicted octanol–water partition coefficient (Wildman–Crippen LogP) is 2.36. The van der Waals surface area contributed by atoms with Gasteiger partial charge >= 0.3 is 0 Å². The zero-order valence-electron chi connectivity index (χ0n) is 15.5. The predicted molar refractivity (Wildman–Crippen MR) is 100 cm³/mol. The molecule has 1 aliphatic heterocycles. The molecule has 0 spiro atoms. The van der Waals surface area contributed by atoms with E-state index in [1.165, 1.54) is 11.1 Å². The lowest BCUT2D eigenvalue weighted by molar-refractivity contribution is 0.172. The molecule has 3 rings (SSSR count). The Morgan fingerprint density at radius 2 is 1.96 bits per heavy atom. The molecule has 1 aromatic heterocycles. The van der Waals surface area contributed by atoms with Crippen LogP contribution in [0.3, 0.4) is 0 Å². The van der Waals surface area contributed by atoms with Crippen molar-refractivity contribution in [1.82, 2.24) is 20.0 Å². The van der Waals surface area contributed by atoms with E-state index in [4.69, 9.17) is 0 Å². The molecule has 5 nitrogen and oxygen atoms in total. The van der Waals surface area contributed by atoms with Gasteiger partial charge in [-0.15, -0.1) is 0 Å². The number of benzene rings is 1. The average molecular weight is 342 g/mol. The van der Waals surface area contributed by atoms with Gasteiger partial charge in [0.25, 0.3) is 0 Å². The van der Waals surface area contributed by atoms with E-state index in [9.17, 15) is 5.11 Å². The third-order valence-corrected chi connectivity index (χ3v) is 4.77. The van der Waals surface area contributed by atoms with E-state index in [-0.39, 0.29) is 11.6 Å².